The summed E-state index contributed by atoms with van der Waals surface area (Å²) in [5, 5.41) is 15.0. The Labute approximate surface area is 868 Å². The number of fused-ring (bicyclic) bond motifs is 18. The van der Waals surface area contributed by atoms with E-state index >= 15 is 0 Å². The molecule has 0 atom stereocenters. The first kappa shape index (κ1) is 87.8. The van der Waals surface area contributed by atoms with Gasteiger partial charge in [-0.2, -0.15) is 0 Å². The van der Waals surface area contributed by atoms with Crippen LogP contribution in [-0.2, 0) is 0 Å². The van der Waals surface area contributed by atoms with E-state index in [-0.39, 0.29) is 0 Å². The quantitative estimate of drug-likeness (QED) is 0.0979. The van der Waals surface area contributed by atoms with Gasteiger partial charge >= 0.3 is 0 Å². The van der Waals surface area contributed by atoms with Crippen LogP contribution in [0.2, 0.25) is 0 Å². The molecule has 0 bridgehead atoms. The molecule has 0 unspecified atom stereocenters. The third kappa shape index (κ3) is 15.3. The van der Waals surface area contributed by atoms with Gasteiger partial charge in [-0.1, -0.05) is 431 Å². The summed E-state index contributed by atoms with van der Waals surface area (Å²) in [6.45, 7) is 0. The number of benzene rings is 24. The fraction of sp³-hybridized carbons (Fsp3) is 0. The van der Waals surface area contributed by atoms with Crippen LogP contribution in [0.1, 0.15) is 0 Å². The molecule has 0 saturated heterocycles. The summed E-state index contributed by atoms with van der Waals surface area (Å²) in [5.74, 6) is 0. The van der Waals surface area contributed by atoms with Crippen molar-refractivity contribution in [2.24, 2.45) is 0 Å². The smallest absolute Gasteiger partial charge is 0.0547 e. The van der Waals surface area contributed by atoms with Crippen molar-refractivity contribution in [2.45, 2.75) is 0 Å². The lowest BCUT2D eigenvalue weighted by atomic mass is 9.92. The fourth-order valence-corrected chi connectivity index (χ4v) is 23.5. The van der Waals surface area contributed by atoms with E-state index in [1.165, 1.54) is 265 Å². The van der Waals surface area contributed by atoms with Gasteiger partial charge in [0, 0.05) is 98.4 Å². The van der Waals surface area contributed by atoms with Gasteiger partial charge < -0.3 is 27.4 Å². The average molecular weight is 1910 g/mol. The monoisotopic (exact) mass is 1910 g/mol. The molecule has 0 aliphatic carbocycles. The maximum atomic E-state index is 2.47. The summed E-state index contributed by atoms with van der Waals surface area (Å²) in [5.41, 5.74) is 43.1. The lowest BCUT2D eigenvalue weighted by Crippen LogP contribution is -1.99. The number of aromatic nitrogens is 6. The Bertz CT molecular complexity index is 10100. The SMILES string of the molecule is c1ccc(-c2ccc(-c3ccccc3)c(-n3c4ccccc4c4ccc(-c5ccc6c(c5)c5ccccc5n6-c5ccccc5)cc43)c2)cc1.c1ccc(-c2ccc(-n3c4ccccc4c4ccc(-c5ccc6c(c5)c5ccccc5n6-c5ccccc5)cc43)c(-c3ccccc3)c2)cc1.c1ccc(-c2cccc(-n3c4ccccc4c4ccc(-c5ccc6c(c5)c5ccccc5n6-c5ccccc5)cc43)c2-c2ccccc2)cc1. The zero-order valence-electron chi connectivity index (χ0n) is 82.1. The summed E-state index contributed by atoms with van der Waals surface area (Å²) in [6.07, 6.45) is 0. The molecule has 24 aromatic carbocycles. The highest BCUT2D eigenvalue weighted by molar-refractivity contribution is 6.18. The maximum Gasteiger partial charge on any atom is 0.0547 e. The van der Waals surface area contributed by atoms with Crippen LogP contribution in [0, 0.1) is 0 Å². The van der Waals surface area contributed by atoms with Crippen molar-refractivity contribution in [2.75, 3.05) is 0 Å². The van der Waals surface area contributed by atoms with Gasteiger partial charge in [0.05, 0.1) is 83.3 Å². The van der Waals surface area contributed by atoms with Crippen LogP contribution < -0.4 is 0 Å². The number of nitrogens with zero attached hydrogens (tertiary/aromatic N) is 6. The van der Waals surface area contributed by atoms with E-state index < -0.39 is 0 Å². The van der Waals surface area contributed by atoms with E-state index in [0.717, 1.165) is 0 Å². The van der Waals surface area contributed by atoms with Crippen molar-refractivity contribution in [3.63, 3.8) is 0 Å². The highest BCUT2D eigenvalue weighted by Crippen LogP contribution is 2.49. The summed E-state index contributed by atoms with van der Waals surface area (Å²) < 4.78 is 14.5. The van der Waals surface area contributed by atoms with Crippen molar-refractivity contribution >= 4 is 131 Å². The summed E-state index contributed by atoms with van der Waals surface area (Å²) >= 11 is 0. The largest absolute Gasteiger partial charge is 0.309 e. The Hall–Kier alpha value is -19.9. The highest BCUT2D eigenvalue weighted by atomic mass is 15.0. The van der Waals surface area contributed by atoms with Crippen LogP contribution in [0.3, 0.4) is 0 Å². The zero-order chi connectivity index (χ0) is 99.1. The van der Waals surface area contributed by atoms with Crippen LogP contribution in [0.5, 0.6) is 0 Å². The van der Waals surface area contributed by atoms with Gasteiger partial charge in [0.25, 0.3) is 0 Å². The van der Waals surface area contributed by atoms with Crippen molar-refractivity contribution in [1.29, 1.82) is 0 Å². The molecule has 0 fully saturated rings. The standard InChI is InChI=1S/3C48H32N2/c1-4-15-33(16-5-1)38-23-14-26-46(48(38)34-17-6-2-7-18-34)50-44-25-13-10-21-39(44)41-29-27-36(32-47(41)50)35-28-30-45-42(31-35)40-22-11-12-24-43(40)49(45)37-19-8-3-9-20-37;1-4-14-33(15-5-1)36-24-27-39(34-16-6-2-7-17-34)47(31-36)50-45-23-13-10-20-40(45)42-28-25-37(32-48(42)50)35-26-29-46-43(30-35)41-21-11-12-22-44(41)49(46)38-18-8-3-9-19-38;1-4-14-33(15-5-1)35-25-28-46(42(30-35)34-16-6-2-7-17-34)50-45-23-13-10-20-39(45)41-27-24-37(32-48(41)50)36-26-29-47-43(31-36)40-21-11-12-22-44(40)49(47)38-18-8-3-9-19-38/h3*1-32H. The molecule has 0 N–H and O–H groups in total. The number of hydrogen-bond acceptors (Lipinski definition) is 0. The van der Waals surface area contributed by atoms with E-state index in [9.17, 15) is 0 Å². The van der Waals surface area contributed by atoms with Gasteiger partial charge in [0.15, 0.2) is 0 Å². The molecule has 0 amide bonds. The molecule has 6 nitrogen and oxygen atoms in total. The molecule has 6 heteroatoms. The Morgan fingerprint density at radius 3 is 0.700 bits per heavy atom. The highest BCUT2D eigenvalue weighted by Gasteiger charge is 2.26. The average Bonchev–Trinajstić information content (AvgIpc) is 1.59. The summed E-state index contributed by atoms with van der Waals surface area (Å²) in [6, 6.07) is 211. The first-order valence-electron chi connectivity index (χ1n) is 51.6. The molecular weight excluding hydrogens is 1810 g/mol. The van der Waals surface area contributed by atoms with Crippen LogP contribution in [-0.4, -0.2) is 27.4 Å². The molecule has 702 valence electrons. The predicted molar refractivity (Wildman–Crippen MR) is 634 cm³/mol. The molecule has 0 aliphatic rings. The van der Waals surface area contributed by atoms with Crippen molar-refractivity contribution in [3.05, 3.63) is 582 Å². The Kier molecular flexibility index (Phi) is 21.9. The third-order valence-electron chi connectivity index (χ3n) is 30.4. The van der Waals surface area contributed by atoms with Gasteiger partial charge in [-0.3, -0.25) is 0 Å². The molecule has 0 saturated carbocycles. The number of para-hydroxylation sites is 9. The molecule has 0 spiro atoms. The van der Waals surface area contributed by atoms with Crippen molar-refractivity contribution < 1.29 is 0 Å². The Balaban J connectivity index is 0.000000108. The minimum absolute atomic E-state index is 1.17. The lowest BCUT2D eigenvalue weighted by Gasteiger charge is -2.18. The summed E-state index contributed by atoms with van der Waals surface area (Å²) in [7, 11) is 0. The van der Waals surface area contributed by atoms with Crippen LogP contribution in [0.25, 0.3) is 265 Å². The van der Waals surface area contributed by atoms with Gasteiger partial charge in [-0.25, -0.2) is 0 Å². The molecule has 6 heterocycles. The van der Waals surface area contributed by atoms with Gasteiger partial charge in [0.1, 0.15) is 0 Å². The first-order chi connectivity index (χ1) is 74.5. The fourth-order valence-electron chi connectivity index (χ4n) is 23.5. The predicted octanol–water partition coefficient (Wildman–Crippen LogP) is 38.6. The molecule has 0 aliphatic heterocycles. The van der Waals surface area contributed by atoms with E-state index in [4.69, 9.17) is 0 Å². The second-order valence-corrected chi connectivity index (χ2v) is 38.9. The minimum Gasteiger partial charge on any atom is -0.309 e. The number of hydrogen-bond donors (Lipinski definition) is 0. The van der Waals surface area contributed by atoms with Gasteiger partial charge in [0.2, 0.25) is 0 Å². The van der Waals surface area contributed by atoms with E-state index in [2.05, 4.69) is 610 Å². The zero-order valence-corrected chi connectivity index (χ0v) is 82.1. The van der Waals surface area contributed by atoms with Gasteiger partial charge in [-0.15, -0.1) is 0 Å². The normalized spacial score (nSPS) is 11.6. The topological polar surface area (TPSA) is 29.6 Å². The second-order valence-electron chi connectivity index (χ2n) is 38.9. The summed E-state index contributed by atoms with van der Waals surface area (Å²) in [4.78, 5) is 0. The van der Waals surface area contributed by atoms with Crippen molar-refractivity contribution in [1.82, 2.24) is 27.4 Å². The molecule has 150 heavy (non-hydrogen) atoms. The molecule has 0 radical (unpaired) electrons. The van der Waals surface area contributed by atoms with E-state index in [1.807, 2.05) is 0 Å². The molecule has 6 aromatic heterocycles. The Morgan fingerprint density at radius 1 is 0.0933 bits per heavy atom. The Morgan fingerprint density at radius 2 is 0.333 bits per heavy atom. The van der Waals surface area contributed by atoms with Gasteiger partial charge in [-0.05, 0) is 235 Å². The van der Waals surface area contributed by atoms with Crippen molar-refractivity contribution in [3.8, 4) is 134 Å². The van der Waals surface area contributed by atoms with Crippen LogP contribution in [0.4, 0.5) is 0 Å². The molecular formula is C144H96N6. The van der Waals surface area contributed by atoms with Crippen LogP contribution in [0.15, 0.2) is 582 Å². The number of rotatable bonds is 15. The molecule has 30 aromatic rings. The molecule has 30 rings (SSSR count). The van der Waals surface area contributed by atoms with E-state index in [0.29, 0.717) is 0 Å². The minimum atomic E-state index is 1.17. The first-order valence-corrected chi connectivity index (χ1v) is 51.6. The maximum absolute atomic E-state index is 2.47. The van der Waals surface area contributed by atoms with Crippen LogP contribution >= 0.6 is 0 Å². The second kappa shape index (κ2) is 37.4. The third-order valence-corrected chi connectivity index (χ3v) is 30.4. The van der Waals surface area contributed by atoms with E-state index in [1.54, 1.807) is 0 Å². The lowest BCUT2D eigenvalue weighted by molar-refractivity contribution is 1.18.